The molecule has 0 aliphatic carbocycles. The first-order valence-electron chi connectivity index (χ1n) is 8.41. The van der Waals surface area contributed by atoms with Crippen molar-refractivity contribution in [1.29, 1.82) is 0 Å². The van der Waals surface area contributed by atoms with E-state index in [1.807, 2.05) is 7.05 Å². The number of fused-ring (bicyclic) bond motifs is 1. The minimum Gasteiger partial charge on any atom is -0.494 e. The van der Waals surface area contributed by atoms with Crippen LogP contribution in [0, 0.1) is 12.7 Å². The number of aromatic nitrogens is 1. The molecule has 0 radical (unpaired) electrons. The molecule has 26 heavy (non-hydrogen) atoms. The zero-order valence-electron chi connectivity index (χ0n) is 15.1. The number of amides is 1. The number of piperazine rings is 1. The Labute approximate surface area is 150 Å². The van der Waals surface area contributed by atoms with Gasteiger partial charge in [0.1, 0.15) is 0 Å². The van der Waals surface area contributed by atoms with Crippen LogP contribution in [0.4, 0.5) is 9.18 Å². The van der Waals surface area contributed by atoms with Crippen molar-refractivity contribution in [3.05, 3.63) is 29.2 Å². The second kappa shape index (κ2) is 6.95. The van der Waals surface area contributed by atoms with E-state index in [2.05, 4.69) is 4.90 Å². The Hall–Kier alpha value is -2.61. The normalized spacial score (nSPS) is 15.5. The maximum atomic E-state index is 14.9. The van der Waals surface area contributed by atoms with Crippen molar-refractivity contribution in [2.75, 3.05) is 40.3 Å². The van der Waals surface area contributed by atoms with Crippen LogP contribution in [0.1, 0.15) is 11.3 Å². The summed E-state index contributed by atoms with van der Waals surface area (Å²) in [6.07, 6.45) is -0.366. The summed E-state index contributed by atoms with van der Waals surface area (Å²) in [6.45, 7) is 4.31. The molecule has 1 amide bonds. The average Bonchev–Trinajstić information content (AvgIpc) is 2.87. The molecular weight excluding hydrogens is 341 g/mol. The molecule has 1 aliphatic rings. The highest BCUT2D eigenvalue weighted by Crippen LogP contribution is 2.33. The lowest BCUT2D eigenvalue weighted by molar-refractivity contribution is -0.136. The van der Waals surface area contributed by atoms with Crippen LogP contribution in [-0.2, 0) is 11.2 Å². The minimum absolute atomic E-state index is 0.0216. The molecule has 1 aromatic carbocycles. The molecule has 2 aromatic rings. The largest absolute Gasteiger partial charge is 0.494 e. The molecule has 7 nitrogen and oxygen atoms in total. The van der Waals surface area contributed by atoms with Crippen molar-refractivity contribution in [2.24, 2.45) is 0 Å². The van der Waals surface area contributed by atoms with Crippen LogP contribution in [-0.4, -0.2) is 71.8 Å². The summed E-state index contributed by atoms with van der Waals surface area (Å²) >= 11 is 0. The fraction of sp³-hybridized carbons (Fsp3) is 0.444. The summed E-state index contributed by atoms with van der Waals surface area (Å²) in [5.41, 5.74) is 1.10. The fourth-order valence-electron chi connectivity index (χ4n) is 3.43. The van der Waals surface area contributed by atoms with E-state index in [-0.39, 0.29) is 23.6 Å². The molecule has 2 heterocycles. The molecule has 0 atom stereocenters. The van der Waals surface area contributed by atoms with Crippen LogP contribution >= 0.6 is 0 Å². The standard InChI is InChI=1S/C18H22FN3O4/c1-11-12(10-15(23)24)16-13(4-5-14(26-3)17(16)19)22(11)18(25)21-8-6-20(2)7-9-21/h4-5H,6-10H2,1-3H3,(H,23,24). The zero-order chi connectivity index (χ0) is 19.0. The molecule has 8 heteroatoms. The van der Waals surface area contributed by atoms with Gasteiger partial charge < -0.3 is 19.6 Å². The predicted molar refractivity (Wildman–Crippen MR) is 94.4 cm³/mol. The van der Waals surface area contributed by atoms with Crippen molar-refractivity contribution < 1.29 is 23.8 Å². The van der Waals surface area contributed by atoms with E-state index < -0.39 is 11.8 Å². The van der Waals surface area contributed by atoms with Crippen LogP contribution < -0.4 is 4.74 Å². The Kier molecular flexibility index (Phi) is 4.86. The smallest absolute Gasteiger partial charge is 0.328 e. The highest BCUT2D eigenvalue weighted by Gasteiger charge is 2.28. The van der Waals surface area contributed by atoms with Gasteiger partial charge in [0.2, 0.25) is 0 Å². The number of carbonyl (C=O) groups excluding carboxylic acids is 1. The van der Waals surface area contributed by atoms with Crippen molar-refractivity contribution >= 4 is 22.9 Å². The van der Waals surface area contributed by atoms with E-state index in [0.29, 0.717) is 29.9 Å². The predicted octanol–water partition coefficient (Wildman–Crippen LogP) is 1.94. The highest BCUT2D eigenvalue weighted by molar-refractivity contribution is 5.98. The van der Waals surface area contributed by atoms with E-state index in [0.717, 1.165) is 13.1 Å². The van der Waals surface area contributed by atoms with Gasteiger partial charge in [-0.2, -0.15) is 0 Å². The van der Waals surface area contributed by atoms with Gasteiger partial charge in [0.25, 0.3) is 0 Å². The second-order valence-corrected chi connectivity index (χ2v) is 6.52. The molecule has 0 unspecified atom stereocenters. The number of halogens is 1. The third-order valence-electron chi connectivity index (χ3n) is 4.91. The number of nitrogens with zero attached hydrogens (tertiary/aromatic N) is 3. The summed E-state index contributed by atoms with van der Waals surface area (Å²) < 4.78 is 21.3. The van der Waals surface area contributed by atoms with Gasteiger partial charge in [0.15, 0.2) is 11.6 Å². The number of rotatable bonds is 3. The van der Waals surface area contributed by atoms with Gasteiger partial charge >= 0.3 is 12.0 Å². The van der Waals surface area contributed by atoms with Crippen LogP contribution in [0.5, 0.6) is 5.75 Å². The summed E-state index contributed by atoms with van der Waals surface area (Å²) in [4.78, 5) is 28.2. The molecule has 0 spiro atoms. The number of carboxylic acids is 1. The lowest BCUT2D eigenvalue weighted by Gasteiger charge is -2.32. The van der Waals surface area contributed by atoms with Gasteiger partial charge in [-0.15, -0.1) is 0 Å². The monoisotopic (exact) mass is 363 g/mol. The van der Waals surface area contributed by atoms with E-state index in [1.165, 1.54) is 17.7 Å². The van der Waals surface area contributed by atoms with Gasteiger partial charge in [0.05, 0.1) is 19.0 Å². The number of ether oxygens (including phenoxy) is 1. The van der Waals surface area contributed by atoms with Crippen LogP contribution in [0.2, 0.25) is 0 Å². The SMILES string of the molecule is COc1ccc2c(c1F)c(CC(=O)O)c(C)n2C(=O)N1CCN(C)CC1. The maximum absolute atomic E-state index is 14.9. The lowest BCUT2D eigenvalue weighted by atomic mass is 10.1. The third kappa shape index (κ3) is 3.01. The van der Waals surface area contributed by atoms with Gasteiger partial charge in [-0.1, -0.05) is 0 Å². The van der Waals surface area contributed by atoms with Crippen molar-refractivity contribution in [3.8, 4) is 5.75 Å². The molecule has 0 saturated carbocycles. The highest BCUT2D eigenvalue weighted by atomic mass is 19.1. The Morgan fingerprint density at radius 3 is 2.46 bits per heavy atom. The summed E-state index contributed by atoms with van der Waals surface area (Å²) in [6, 6.07) is 2.79. The first kappa shape index (κ1) is 18.2. The molecular formula is C18H22FN3O4. The molecule has 1 fully saturated rings. The van der Waals surface area contributed by atoms with Crippen molar-refractivity contribution in [1.82, 2.24) is 14.4 Å². The molecule has 0 bridgehead atoms. The number of aliphatic carboxylic acids is 1. The van der Waals surface area contributed by atoms with Crippen molar-refractivity contribution in [2.45, 2.75) is 13.3 Å². The Bertz CT molecular complexity index is 869. The summed E-state index contributed by atoms with van der Waals surface area (Å²) in [7, 11) is 3.34. The Balaban J connectivity index is 2.16. The molecule has 3 rings (SSSR count). The van der Waals surface area contributed by atoms with Gasteiger partial charge in [-0.3, -0.25) is 9.36 Å². The molecule has 1 aliphatic heterocycles. The Morgan fingerprint density at radius 1 is 1.23 bits per heavy atom. The summed E-state index contributed by atoms with van der Waals surface area (Å²) in [5.74, 6) is -1.70. The number of carbonyl (C=O) groups is 2. The lowest BCUT2D eigenvalue weighted by Crippen LogP contribution is -2.48. The number of carboxylic acid groups (broad SMARTS) is 1. The van der Waals surface area contributed by atoms with Gasteiger partial charge in [0, 0.05) is 37.3 Å². The van der Waals surface area contributed by atoms with E-state index in [9.17, 15) is 19.1 Å². The molecule has 140 valence electrons. The topological polar surface area (TPSA) is 75.0 Å². The first-order valence-corrected chi connectivity index (χ1v) is 8.41. The van der Waals surface area contributed by atoms with Gasteiger partial charge in [-0.05, 0) is 31.7 Å². The van der Waals surface area contributed by atoms with E-state index in [1.54, 1.807) is 17.9 Å². The zero-order valence-corrected chi connectivity index (χ0v) is 15.1. The van der Waals surface area contributed by atoms with Crippen LogP contribution in [0.25, 0.3) is 10.9 Å². The Morgan fingerprint density at radius 2 is 1.88 bits per heavy atom. The molecule has 1 aromatic heterocycles. The second-order valence-electron chi connectivity index (χ2n) is 6.52. The number of hydrogen-bond donors (Lipinski definition) is 1. The van der Waals surface area contributed by atoms with E-state index in [4.69, 9.17) is 4.74 Å². The quantitative estimate of drug-likeness (QED) is 0.902. The van der Waals surface area contributed by atoms with Crippen LogP contribution in [0.3, 0.4) is 0 Å². The number of benzene rings is 1. The maximum Gasteiger partial charge on any atom is 0.328 e. The molecule has 1 N–H and O–H groups in total. The number of hydrogen-bond acceptors (Lipinski definition) is 4. The summed E-state index contributed by atoms with van der Waals surface area (Å²) in [5, 5.41) is 9.36. The minimum atomic E-state index is -1.08. The van der Waals surface area contributed by atoms with Crippen LogP contribution in [0.15, 0.2) is 12.1 Å². The number of likely N-dealkylation sites (N-methyl/N-ethyl adjacent to an activating group) is 1. The van der Waals surface area contributed by atoms with Gasteiger partial charge in [-0.25, -0.2) is 9.18 Å². The average molecular weight is 363 g/mol. The third-order valence-corrected chi connectivity index (χ3v) is 4.91. The molecule has 1 saturated heterocycles. The fourth-order valence-corrected chi connectivity index (χ4v) is 3.43. The van der Waals surface area contributed by atoms with Crippen molar-refractivity contribution in [3.63, 3.8) is 0 Å². The first-order chi connectivity index (χ1) is 12.3. The number of methoxy groups -OCH3 is 1. The van der Waals surface area contributed by atoms with E-state index >= 15 is 0 Å².